The molecule has 0 aromatic heterocycles. The Balaban J connectivity index is -0.000000314. The molecular formula is C97H172F2O21S2. The van der Waals surface area contributed by atoms with Crippen molar-refractivity contribution in [2.75, 3.05) is 47.4 Å². The molecule has 21 nitrogen and oxygen atoms in total. The average molecular weight is 1780 g/mol. The van der Waals surface area contributed by atoms with Crippen LogP contribution >= 0.6 is 0 Å². The number of Topliss-reactive ketones (excluding diaryl/α,β-unsaturated/α-hetero) is 3. The minimum atomic E-state index is -3.77. The number of carbonyl (C=O) groups is 4. The van der Waals surface area contributed by atoms with Crippen LogP contribution in [0.25, 0.3) is 0 Å². The van der Waals surface area contributed by atoms with Gasteiger partial charge < -0.3 is 54.3 Å². The number of alkyl halides is 2. The number of hydrogen-bond acceptors (Lipinski definition) is 21. The first-order valence-electron chi connectivity index (χ1n) is 43.2. The number of aryl methyl sites for hydroxylation is 2. The maximum absolute atomic E-state index is 12.3. The van der Waals surface area contributed by atoms with E-state index in [1.165, 1.54) is 18.2 Å². The summed E-state index contributed by atoms with van der Waals surface area (Å²) in [5, 5.41) is 53.2. The number of phenols is 2. The number of aromatic hydroxyl groups is 2. The molecule has 0 saturated carbocycles. The number of aliphatic hydroxyl groups is 4. The zero-order chi connectivity index (χ0) is 96.6. The summed E-state index contributed by atoms with van der Waals surface area (Å²) in [6.07, 6.45) is 6.75. The maximum Gasteiger partial charge on any atom is 0.308 e. The molecular weight excluding hydrogens is 1600 g/mol. The lowest BCUT2D eigenvalue weighted by molar-refractivity contribution is -0.195. The molecule has 6 atom stereocenters. The number of esters is 1. The minimum Gasteiger partial charge on any atom is -0.508 e. The van der Waals surface area contributed by atoms with Gasteiger partial charge in [-0.2, -0.15) is 16.8 Å². The van der Waals surface area contributed by atoms with E-state index >= 15 is 0 Å². The highest BCUT2D eigenvalue weighted by atomic mass is 32.2. The first-order chi connectivity index (χ1) is 55.5. The van der Waals surface area contributed by atoms with Crippen molar-refractivity contribution >= 4 is 43.6 Å². The Bertz CT molecular complexity index is 3480. The highest BCUT2D eigenvalue weighted by Crippen LogP contribution is 2.30. The van der Waals surface area contributed by atoms with Gasteiger partial charge in [-0.1, -0.05) is 208 Å². The van der Waals surface area contributed by atoms with Crippen LogP contribution in [0.5, 0.6) is 23.0 Å². The number of benzene rings is 4. The number of methoxy groups -OCH3 is 2. The molecule has 0 radical (unpaired) electrons. The molecule has 1 aliphatic rings. The van der Waals surface area contributed by atoms with Crippen LogP contribution in [0.15, 0.2) is 94.7 Å². The number of rotatable bonds is 29. The second kappa shape index (κ2) is 66.4. The molecule has 4 aromatic carbocycles. The summed E-state index contributed by atoms with van der Waals surface area (Å²) < 4.78 is 108. The average Bonchev–Trinajstić information content (AvgIpc) is 0.865. The van der Waals surface area contributed by atoms with Gasteiger partial charge in [-0.25, -0.2) is 4.39 Å². The summed E-state index contributed by atoms with van der Waals surface area (Å²) in [4.78, 5) is 45.3. The maximum atomic E-state index is 12.3. The lowest BCUT2D eigenvalue weighted by Gasteiger charge is -2.28. The smallest absolute Gasteiger partial charge is 0.308 e. The van der Waals surface area contributed by atoms with E-state index in [1.54, 1.807) is 109 Å². The Hall–Kier alpha value is -6.00. The van der Waals surface area contributed by atoms with Crippen LogP contribution in [0.4, 0.5) is 8.78 Å². The van der Waals surface area contributed by atoms with Crippen molar-refractivity contribution in [3.05, 3.63) is 107 Å². The normalized spacial score (nSPS) is 14.0. The Morgan fingerprint density at radius 1 is 0.492 bits per heavy atom. The van der Waals surface area contributed by atoms with Crippen molar-refractivity contribution in [3.8, 4) is 23.0 Å². The monoisotopic (exact) mass is 1780 g/mol. The van der Waals surface area contributed by atoms with E-state index in [9.17, 15) is 55.0 Å². The van der Waals surface area contributed by atoms with Gasteiger partial charge in [0.15, 0.2) is 17.9 Å². The van der Waals surface area contributed by atoms with Crippen LogP contribution in [-0.4, -0.2) is 161 Å². The Morgan fingerprint density at radius 2 is 0.852 bits per heavy atom. The first kappa shape index (κ1) is 127. The SMILES string of the molecule is CC(=O)C(C)C.CC(C)(C)C(=O)c1cc(O)cc(O)c1.CC(C)C(=O)OC(C)(C)C.CC(C)CC(C)O.CC(C)CC(O)CF.CC(C)CCF.CC(C)C[C@@H](C)O.CC(C)C[C@H](C)O.COc1cc(OC)cc(C(=O)C(C)(C)C)c1.Cc1ccc(S(=O)(=O)OCC(CC(C)C)OC2CCCCO2)cc1.Cc1ccc(S(=O)(=O)OCCC(C)(C)C)cc1. The van der Waals surface area contributed by atoms with Crippen molar-refractivity contribution in [3.63, 3.8) is 0 Å². The molecule has 1 aliphatic heterocycles. The molecule has 6 N–H and O–H groups in total. The number of phenolic OH excluding ortho intramolecular Hbond substituents is 2. The lowest BCUT2D eigenvalue weighted by atomic mass is 9.86. The molecule has 1 heterocycles. The van der Waals surface area contributed by atoms with E-state index in [-0.39, 0.29) is 118 Å². The van der Waals surface area contributed by atoms with E-state index in [0.29, 0.717) is 84.0 Å². The first-order valence-corrected chi connectivity index (χ1v) is 46.0. The van der Waals surface area contributed by atoms with Gasteiger partial charge in [-0.15, -0.1) is 0 Å². The molecule has 0 bridgehead atoms. The molecule has 122 heavy (non-hydrogen) atoms. The van der Waals surface area contributed by atoms with Crippen LogP contribution in [0, 0.1) is 77.4 Å². The summed E-state index contributed by atoms with van der Waals surface area (Å²) in [6, 6.07) is 22.4. The number of ketones is 3. The predicted molar refractivity (Wildman–Crippen MR) is 494 cm³/mol. The Labute approximate surface area is 740 Å². The van der Waals surface area contributed by atoms with Crippen molar-refractivity contribution in [2.45, 2.75) is 352 Å². The zero-order valence-electron chi connectivity index (χ0n) is 82.2. The minimum absolute atomic E-state index is 0.00818. The van der Waals surface area contributed by atoms with E-state index in [1.807, 2.05) is 132 Å². The van der Waals surface area contributed by atoms with Gasteiger partial charge in [0.2, 0.25) is 0 Å². The number of halogens is 2. The summed E-state index contributed by atoms with van der Waals surface area (Å²) in [6.45, 7) is 66.0. The number of carbonyl (C=O) groups excluding carboxylic acids is 4. The number of hydrogen-bond donors (Lipinski definition) is 6. The van der Waals surface area contributed by atoms with Gasteiger partial charge in [0.25, 0.3) is 20.2 Å². The van der Waals surface area contributed by atoms with E-state index < -0.39 is 43.8 Å². The third kappa shape index (κ3) is 76.4. The zero-order valence-corrected chi connectivity index (χ0v) is 83.8. The third-order valence-corrected chi connectivity index (χ3v) is 18.8. The topological polar surface area (TPSA) is 323 Å². The van der Waals surface area contributed by atoms with Gasteiger partial charge in [-0.3, -0.25) is 31.9 Å². The van der Waals surface area contributed by atoms with Crippen LogP contribution in [0.1, 0.15) is 318 Å². The van der Waals surface area contributed by atoms with Crippen molar-refractivity contribution < 1.29 is 107 Å². The predicted octanol–water partition coefficient (Wildman–Crippen LogP) is 22.9. The molecule has 0 spiro atoms. The largest absolute Gasteiger partial charge is 0.508 e. The van der Waals surface area contributed by atoms with E-state index in [0.717, 1.165) is 56.1 Å². The van der Waals surface area contributed by atoms with Crippen molar-refractivity contribution in [1.29, 1.82) is 0 Å². The van der Waals surface area contributed by atoms with Crippen LogP contribution < -0.4 is 9.47 Å². The second-order valence-corrected chi connectivity index (χ2v) is 41.6. The van der Waals surface area contributed by atoms with Gasteiger partial charge >= 0.3 is 5.97 Å². The molecule has 1 fully saturated rings. The fraction of sp³-hybridized carbons (Fsp3) is 0.711. The van der Waals surface area contributed by atoms with Crippen molar-refractivity contribution in [1.82, 2.24) is 0 Å². The third-order valence-electron chi connectivity index (χ3n) is 16.2. The highest BCUT2D eigenvalue weighted by molar-refractivity contribution is 7.87. The molecule has 5 rings (SSSR count). The number of ether oxygens (including phenoxy) is 5. The highest BCUT2D eigenvalue weighted by Gasteiger charge is 2.28. The van der Waals surface area contributed by atoms with Crippen LogP contribution in [0.2, 0.25) is 0 Å². The molecule has 25 heteroatoms. The van der Waals surface area contributed by atoms with E-state index in [4.69, 9.17) is 52.5 Å². The molecule has 4 aromatic rings. The molecule has 712 valence electrons. The molecule has 1 saturated heterocycles. The van der Waals surface area contributed by atoms with Gasteiger partial charge in [0.05, 0.1) is 80.3 Å². The fourth-order valence-corrected chi connectivity index (χ4v) is 11.6. The van der Waals surface area contributed by atoms with E-state index in [2.05, 4.69) is 76.2 Å². The standard InChI is InChI=1S/C18H28O5S.C13H20O3S.C13H18O3.C11H14O3.C8H16O2.C6H13FO.3C6H14O.C5H11F.C5H10O/c1-14(2)12-16(23-18-6-4-5-11-21-18)13-22-24(19,20)17-9-7-15(3)8-10-17;1-11-5-7-12(8-6-11)17(14,15)16-10-9-13(2,3)4;1-13(2,3)12(14)9-6-10(15-4)8-11(7-9)16-5;1-11(2,3)10(14)7-4-8(12)6-9(13)5-7;1-6(2)7(9)10-8(3,4)5;1-5(2)3-6(8)4-7;3*1-5(2)4-6(3)7;1-5(2)3-4-6;1-4(2)5(3)6/h7-10,14,16,18H,4-6,11-13H2,1-3H3;5-8H,9-10H2,1-4H3;6-8H,1-5H3;4-6,12-13H,1-3H3;6H,1-5H3;5-6,8H,3-4H2,1-2H3;3*5-7H,4H2,1-3H3;5H,3-4H2,1-2H3;4H,1-3H3/t;;;;;;2*6-;;;/m......10.../s1. The van der Waals surface area contributed by atoms with Gasteiger partial charge in [-0.05, 0) is 216 Å². The molecule has 0 amide bonds. The van der Waals surface area contributed by atoms with Gasteiger partial charge in [0.1, 0.15) is 41.1 Å². The Kier molecular flexibility index (Phi) is 69.0. The van der Waals surface area contributed by atoms with Gasteiger partial charge in [0, 0.05) is 46.6 Å². The second-order valence-electron chi connectivity index (χ2n) is 38.3. The van der Waals surface area contributed by atoms with Crippen LogP contribution in [-0.2, 0) is 52.4 Å². The number of aliphatic hydroxyl groups excluding tert-OH is 4. The van der Waals surface area contributed by atoms with Crippen LogP contribution in [0.3, 0.4) is 0 Å². The Morgan fingerprint density at radius 3 is 1.09 bits per heavy atom. The lowest BCUT2D eigenvalue weighted by Crippen LogP contribution is -2.32. The molecule has 4 unspecified atom stereocenters. The quantitative estimate of drug-likeness (QED) is 0.0167. The summed E-state index contributed by atoms with van der Waals surface area (Å²) >= 11 is 0. The summed E-state index contributed by atoms with van der Waals surface area (Å²) in [5.74, 6) is 4.51. The molecule has 0 aliphatic carbocycles. The summed E-state index contributed by atoms with van der Waals surface area (Å²) in [5.41, 5.74) is 1.78. The summed E-state index contributed by atoms with van der Waals surface area (Å²) in [7, 11) is -4.23. The fourth-order valence-electron chi connectivity index (χ4n) is 9.71. The van der Waals surface area contributed by atoms with Crippen molar-refractivity contribution in [2.24, 2.45) is 63.6 Å².